The average molecular weight is 521 g/mol. The van der Waals surface area contributed by atoms with Gasteiger partial charge in [-0.2, -0.15) is 0 Å². The fraction of sp³-hybridized carbons (Fsp3) is 0.188. The molecule has 2 amide bonds. The third-order valence-electron chi connectivity index (χ3n) is 6.48. The van der Waals surface area contributed by atoms with E-state index in [-0.39, 0.29) is 11.8 Å². The molecule has 0 spiro atoms. The highest BCUT2D eigenvalue weighted by molar-refractivity contribution is 6.19. The molecule has 0 saturated carbocycles. The highest BCUT2D eigenvalue weighted by Crippen LogP contribution is 2.23. The van der Waals surface area contributed by atoms with E-state index in [9.17, 15) is 9.59 Å². The van der Waals surface area contributed by atoms with Crippen molar-refractivity contribution in [3.8, 4) is 0 Å². The van der Waals surface area contributed by atoms with Crippen molar-refractivity contribution in [3.05, 3.63) is 125 Å². The number of nitrogens with one attached hydrogen (secondary N) is 1. The summed E-state index contributed by atoms with van der Waals surface area (Å²) in [6, 6.07) is 14.7. The van der Waals surface area contributed by atoms with Crippen molar-refractivity contribution in [1.29, 1.82) is 0 Å². The third kappa shape index (κ3) is 6.38. The maximum absolute atomic E-state index is 13.1. The van der Waals surface area contributed by atoms with Gasteiger partial charge in [0, 0.05) is 41.9 Å². The molecule has 7 nitrogen and oxygen atoms in total. The zero-order valence-electron chi connectivity index (χ0n) is 22.9. The molecule has 3 aromatic rings. The highest BCUT2D eigenvalue weighted by atomic mass is 16.4. The van der Waals surface area contributed by atoms with Gasteiger partial charge in [0.15, 0.2) is 5.89 Å². The number of hydrogen-bond acceptors (Lipinski definition) is 5. The van der Waals surface area contributed by atoms with Gasteiger partial charge in [-0.1, -0.05) is 49.1 Å². The van der Waals surface area contributed by atoms with Gasteiger partial charge < -0.3 is 14.6 Å². The quantitative estimate of drug-likeness (QED) is 0.367. The summed E-state index contributed by atoms with van der Waals surface area (Å²) in [7, 11) is 1.71. The molecule has 0 fully saturated rings. The number of aliphatic imine (C=N–C) groups is 1. The van der Waals surface area contributed by atoms with Gasteiger partial charge in [0.25, 0.3) is 11.8 Å². The summed E-state index contributed by atoms with van der Waals surface area (Å²) >= 11 is 0. The molecule has 0 radical (unpaired) electrons. The average Bonchev–Trinajstić information content (AvgIpc) is 3.24. The zero-order chi connectivity index (χ0) is 28.1. The molecule has 0 atom stereocenters. The second kappa shape index (κ2) is 11.7. The van der Waals surface area contributed by atoms with Crippen LogP contribution >= 0.6 is 0 Å². The van der Waals surface area contributed by atoms with Crippen LogP contribution in [0.25, 0.3) is 5.70 Å². The molecule has 198 valence electrons. The first-order valence-corrected chi connectivity index (χ1v) is 12.6. The van der Waals surface area contributed by atoms with Gasteiger partial charge in [0.2, 0.25) is 0 Å². The first-order chi connectivity index (χ1) is 18.6. The first kappa shape index (κ1) is 27.3. The minimum Gasteiger partial charge on any atom is -0.444 e. The number of aryl methyl sites for hydroxylation is 3. The zero-order valence-corrected chi connectivity index (χ0v) is 22.9. The van der Waals surface area contributed by atoms with Crippen LogP contribution < -0.4 is 5.32 Å². The lowest BCUT2D eigenvalue weighted by Gasteiger charge is -2.16. The van der Waals surface area contributed by atoms with E-state index in [1.807, 2.05) is 62.4 Å². The van der Waals surface area contributed by atoms with E-state index in [0.29, 0.717) is 46.4 Å². The highest BCUT2D eigenvalue weighted by Gasteiger charge is 2.18. The van der Waals surface area contributed by atoms with Crippen molar-refractivity contribution in [2.45, 2.75) is 34.2 Å². The van der Waals surface area contributed by atoms with Crippen LogP contribution in [-0.2, 0) is 11.3 Å². The molecular weight excluding hydrogens is 488 g/mol. The molecule has 39 heavy (non-hydrogen) atoms. The molecular formula is C32H32N4O3. The van der Waals surface area contributed by atoms with Crippen LogP contribution in [0.3, 0.4) is 0 Å². The van der Waals surface area contributed by atoms with Crippen LogP contribution in [-0.4, -0.2) is 34.5 Å². The number of carbonyl (C=O) groups is 2. The number of nitrogens with zero attached hydrogens (tertiary/aromatic N) is 3. The minimum absolute atomic E-state index is 0.159. The molecule has 0 aliphatic heterocycles. The van der Waals surface area contributed by atoms with E-state index in [4.69, 9.17) is 9.41 Å². The summed E-state index contributed by atoms with van der Waals surface area (Å²) in [5, 5.41) is 2.92. The number of carbonyl (C=O) groups excluding carboxylic acids is 2. The van der Waals surface area contributed by atoms with Crippen molar-refractivity contribution in [2.75, 3.05) is 12.4 Å². The lowest BCUT2D eigenvalue weighted by molar-refractivity contribution is -0.112. The number of anilines is 1. The standard InChI is InChI=1S/C32H32N4O3/c1-20-11-7-8-12-27(20)22(3)34-29-14-10-9-13-28(29)21(2)31(37)35-26-17-15-25(16-18-26)32(38)36(6)19-30-23(4)33-24(5)39-30/h7-18H,3,19H2,1-2,4-6H3,(H,35,37)/b28-21+,34-29?. The second-order valence-corrected chi connectivity index (χ2v) is 9.45. The molecule has 4 rings (SSSR count). The topological polar surface area (TPSA) is 87.8 Å². The Bertz CT molecular complexity index is 1550. The van der Waals surface area contributed by atoms with Gasteiger partial charge in [-0.15, -0.1) is 0 Å². The monoisotopic (exact) mass is 520 g/mol. The predicted octanol–water partition coefficient (Wildman–Crippen LogP) is 6.36. The molecule has 1 aliphatic rings. The lowest BCUT2D eigenvalue weighted by atomic mass is 9.98. The van der Waals surface area contributed by atoms with Crippen LogP contribution in [0.5, 0.6) is 0 Å². The van der Waals surface area contributed by atoms with E-state index in [2.05, 4.69) is 16.9 Å². The van der Waals surface area contributed by atoms with Crippen molar-refractivity contribution in [3.63, 3.8) is 0 Å². The molecule has 7 heteroatoms. The van der Waals surface area contributed by atoms with E-state index < -0.39 is 0 Å². The molecule has 1 aromatic heterocycles. The van der Waals surface area contributed by atoms with Crippen LogP contribution in [0.4, 0.5) is 5.69 Å². The predicted molar refractivity (Wildman–Crippen MR) is 155 cm³/mol. The summed E-state index contributed by atoms with van der Waals surface area (Å²) in [5.41, 5.74) is 6.43. The van der Waals surface area contributed by atoms with Crippen molar-refractivity contribution in [1.82, 2.24) is 9.88 Å². The minimum atomic E-state index is -0.258. The fourth-order valence-electron chi connectivity index (χ4n) is 4.26. The van der Waals surface area contributed by atoms with E-state index in [1.54, 1.807) is 50.1 Å². The molecule has 1 N–H and O–H groups in total. The summed E-state index contributed by atoms with van der Waals surface area (Å²) < 4.78 is 5.58. The Kier molecular flexibility index (Phi) is 8.20. The van der Waals surface area contributed by atoms with Crippen LogP contribution in [0, 0.1) is 20.8 Å². The molecule has 0 saturated heterocycles. The van der Waals surface area contributed by atoms with Gasteiger partial charge in [-0.3, -0.25) is 9.59 Å². The van der Waals surface area contributed by atoms with E-state index in [0.717, 1.165) is 22.4 Å². The summed E-state index contributed by atoms with van der Waals surface area (Å²) in [6.07, 6.45) is 7.50. The SMILES string of the molecule is C=C(N=C1C=CC=C/C1=C(/C)C(=O)Nc1ccc(C(=O)N(C)Cc2oc(C)nc2C)cc1)c1ccccc1C. The normalized spacial score (nSPS) is 14.8. The third-order valence-corrected chi connectivity index (χ3v) is 6.48. The number of aromatic nitrogens is 1. The Morgan fingerprint density at radius 3 is 2.38 bits per heavy atom. The number of allylic oxidation sites excluding steroid dienone is 5. The number of oxazole rings is 1. The van der Waals surface area contributed by atoms with Crippen molar-refractivity contribution in [2.24, 2.45) is 4.99 Å². The van der Waals surface area contributed by atoms with Crippen LogP contribution in [0.1, 0.15) is 45.8 Å². The summed E-state index contributed by atoms with van der Waals surface area (Å²) in [4.78, 5) is 36.6. The number of benzene rings is 2. The summed E-state index contributed by atoms with van der Waals surface area (Å²) in [5.74, 6) is 0.816. The van der Waals surface area contributed by atoms with Crippen molar-refractivity contribution < 1.29 is 14.0 Å². The maximum atomic E-state index is 13.1. The Balaban J connectivity index is 1.46. The van der Waals surface area contributed by atoms with Gasteiger partial charge in [0.1, 0.15) is 5.76 Å². The Labute approximate surface area is 229 Å². The summed E-state index contributed by atoms with van der Waals surface area (Å²) in [6.45, 7) is 11.9. The fourth-order valence-corrected chi connectivity index (χ4v) is 4.26. The largest absolute Gasteiger partial charge is 0.444 e. The van der Waals surface area contributed by atoms with Crippen molar-refractivity contribution >= 4 is 28.9 Å². The van der Waals surface area contributed by atoms with Crippen LogP contribution in [0.15, 0.2) is 100.0 Å². The maximum Gasteiger partial charge on any atom is 0.254 e. The van der Waals surface area contributed by atoms with Gasteiger partial charge in [0.05, 0.1) is 23.6 Å². The number of rotatable bonds is 7. The number of amides is 2. The second-order valence-electron chi connectivity index (χ2n) is 9.45. The lowest BCUT2D eigenvalue weighted by Crippen LogP contribution is -2.26. The molecule has 2 aromatic carbocycles. The van der Waals surface area contributed by atoms with Gasteiger partial charge >= 0.3 is 0 Å². The molecule has 0 unspecified atom stereocenters. The van der Waals surface area contributed by atoms with Gasteiger partial charge in [-0.05, 0) is 56.7 Å². The molecule has 0 bridgehead atoms. The number of hydrogen-bond donors (Lipinski definition) is 1. The van der Waals surface area contributed by atoms with Gasteiger partial charge in [-0.25, -0.2) is 9.98 Å². The van der Waals surface area contributed by atoms with Crippen LogP contribution in [0.2, 0.25) is 0 Å². The Hall–Kier alpha value is -4.78. The Morgan fingerprint density at radius 2 is 1.72 bits per heavy atom. The molecule has 1 heterocycles. The Morgan fingerprint density at radius 1 is 1.03 bits per heavy atom. The molecule has 1 aliphatic carbocycles. The van der Waals surface area contributed by atoms with E-state index in [1.165, 1.54) is 0 Å². The van der Waals surface area contributed by atoms with E-state index >= 15 is 0 Å². The smallest absolute Gasteiger partial charge is 0.254 e. The first-order valence-electron chi connectivity index (χ1n) is 12.6.